The summed E-state index contributed by atoms with van der Waals surface area (Å²) in [6.45, 7) is 5.93. The van der Waals surface area contributed by atoms with E-state index in [0.29, 0.717) is 32.1 Å². The van der Waals surface area contributed by atoms with Gasteiger partial charge in [0.2, 0.25) is 0 Å². The second-order valence-corrected chi connectivity index (χ2v) is 3.46. The third-order valence-electron chi connectivity index (χ3n) is 1.74. The van der Waals surface area contributed by atoms with E-state index in [1.54, 1.807) is 6.07 Å². The summed E-state index contributed by atoms with van der Waals surface area (Å²) < 4.78 is 15.6. The highest BCUT2D eigenvalue weighted by Crippen LogP contribution is 2.04. The Morgan fingerprint density at radius 1 is 1.47 bits per heavy atom. The molecule has 0 saturated heterocycles. The predicted octanol–water partition coefficient (Wildman–Crippen LogP) is 1.07. The Bertz CT molecular complexity index is 273. The third kappa shape index (κ3) is 4.92. The van der Waals surface area contributed by atoms with Gasteiger partial charge in [-0.2, -0.15) is 0 Å². The molecule has 0 saturated carbocycles. The smallest absolute Gasteiger partial charge is 0.162 e. The normalized spacial score (nSPS) is 11.2. The molecule has 0 radical (unpaired) electrons. The van der Waals surface area contributed by atoms with E-state index in [9.17, 15) is 0 Å². The average molecular weight is 214 g/mol. The molecule has 2 N–H and O–H groups in total. The van der Waals surface area contributed by atoms with Crippen LogP contribution in [0.2, 0.25) is 0 Å². The molecule has 1 aromatic heterocycles. The SMILES string of the molecule is CC(C)OCCOCc1cc(CN)no1. The van der Waals surface area contributed by atoms with Gasteiger partial charge >= 0.3 is 0 Å². The monoisotopic (exact) mass is 214 g/mol. The van der Waals surface area contributed by atoms with Crippen molar-refractivity contribution < 1.29 is 14.0 Å². The lowest BCUT2D eigenvalue weighted by Gasteiger charge is -2.06. The first kappa shape index (κ1) is 12.2. The minimum absolute atomic E-state index is 0.239. The maximum Gasteiger partial charge on any atom is 0.162 e. The summed E-state index contributed by atoms with van der Waals surface area (Å²) in [5.41, 5.74) is 6.13. The number of hydrogen-bond acceptors (Lipinski definition) is 5. The lowest BCUT2D eigenvalue weighted by Crippen LogP contribution is -2.09. The van der Waals surface area contributed by atoms with Crippen molar-refractivity contribution in [1.82, 2.24) is 5.16 Å². The van der Waals surface area contributed by atoms with Crippen molar-refractivity contribution in [2.75, 3.05) is 13.2 Å². The summed E-state index contributed by atoms with van der Waals surface area (Å²) in [7, 11) is 0. The van der Waals surface area contributed by atoms with Crippen LogP contribution in [-0.4, -0.2) is 24.5 Å². The zero-order valence-electron chi connectivity index (χ0n) is 9.23. The number of nitrogens with two attached hydrogens (primary N) is 1. The lowest BCUT2D eigenvalue weighted by molar-refractivity contribution is 0.00926. The van der Waals surface area contributed by atoms with Crippen molar-refractivity contribution in [3.05, 3.63) is 17.5 Å². The van der Waals surface area contributed by atoms with Crippen molar-refractivity contribution in [3.8, 4) is 0 Å². The van der Waals surface area contributed by atoms with Crippen LogP contribution in [0.5, 0.6) is 0 Å². The molecule has 0 aromatic carbocycles. The average Bonchev–Trinajstić information content (AvgIpc) is 2.65. The molecule has 0 aliphatic heterocycles. The maximum absolute atomic E-state index is 5.39. The van der Waals surface area contributed by atoms with E-state index in [1.807, 2.05) is 13.8 Å². The van der Waals surface area contributed by atoms with E-state index in [-0.39, 0.29) is 6.10 Å². The molecule has 5 heteroatoms. The minimum atomic E-state index is 0.239. The van der Waals surface area contributed by atoms with Crippen molar-refractivity contribution in [2.24, 2.45) is 5.73 Å². The lowest BCUT2D eigenvalue weighted by atomic mass is 10.4. The van der Waals surface area contributed by atoms with E-state index in [1.165, 1.54) is 0 Å². The molecule has 0 unspecified atom stereocenters. The number of aromatic nitrogens is 1. The molecule has 0 spiro atoms. The van der Waals surface area contributed by atoms with Crippen molar-refractivity contribution >= 4 is 0 Å². The maximum atomic E-state index is 5.39. The highest BCUT2D eigenvalue weighted by atomic mass is 16.5. The van der Waals surface area contributed by atoms with Gasteiger partial charge in [0, 0.05) is 12.6 Å². The zero-order valence-corrected chi connectivity index (χ0v) is 9.23. The minimum Gasteiger partial charge on any atom is -0.376 e. The Morgan fingerprint density at radius 2 is 2.27 bits per heavy atom. The van der Waals surface area contributed by atoms with Gasteiger partial charge in [0.25, 0.3) is 0 Å². The first-order valence-electron chi connectivity index (χ1n) is 5.06. The molecule has 86 valence electrons. The summed E-state index contributed by atoms with van der Waals surface area (Å²) in [4.78, 5) is 0. The van der Waals surface area contributed by atoms with Crippen LogP contribution in [-0.2, 0) is 22.6 Å². The van der Waals surface area contributed by atoms with E-state index in [0.717, 1.165) is 5.69 Å². The number of ether oxygens (including phenoxy) is 2. The van der Waals surface area contributed by atoms with Crippen molar-refractivity contribution in [2.45, 2.75) is 33.1 Å². The molecule has 0 atom stereocenters. The van der Waals surface area contributed by atoms with Gasteiger partial charge in [-0.1, -0.05) is 5.16 Å². The highest BCUT2D eigenvalue weighted by Gasteiger charge is 2.02. The highest BCUT2D eigenvalue weighted by molar-refractivity contribution is 5.03. The van der Waals surface area contributed by atoms with E-state index in [4.69, 9.17) is 19.7 Å². The van der Waals surface area contributed by atoms with Crippen LogP contribution >= 0.6 is 0 Å². The quantitative estimate of drug-likeness (QED) is 0.687. The molecule has 0 bridgehead atoms. The first-order chi connectivity index (χ1) is 7.22. The van der Waals surface area contributed by atoms with Gasteiger partial charge in [-0.15, -0.1) is 0 Å². The Hall–Kier alpha value is -0.910. The largest absolute Gasteiger partial charge is 0.376 e. The van der Waals surface area contributed by atoms with E-state index in [2.05, 4.69) is 5.16 Å². The molecule has 0 fully saturated rings. The summed E-state index contributed by atoms with van der Waals surface area (Å²) in [6.07, 6.45) is 0.239. The Labute approximate surface area is 89.5 Å². The van der Waals surface area contributed by atoms with Crippen LogP contribution in [0.25, 0.3) is 0 Å². The van der Waals surface area contributed by atoms with Crippen molar-refractivity contribution in [3.63, 3.8) is 0 Å². The number of rotatable bonds is 7. The van der Waals surface area contributed by atoms with Crippen LogP contribution in [0.1, 0.15) is 25.3 Å². The predicted molar refractivity (Wildman–Crippen MR) is 55.1 cm³/mol. The standard InChI is InChI=1S/C10H18N2O3/c1-8(2)14-4-3-13-7-10-5-9(6-11)12-15-10/h5,8H,3-4,6-7,11H2,1-2H3. The Balaban J connectivity index is 2.09. The second kappa shape index (κ2) is 6.55. The van der Waals surface area contributed by atoms with Crippen LogP contribution in [0.15, 0.2) is 10.6 Å². The van der Waals surface area contributed by atoms with E-state index >= 15 is 0 Å². The Kier molecular flexibility index (Phi) is 5.31. The zero-order chi connectivity index (χ0) is 11.1. The van der Waals surface area contributed by atoms with E-state index < -0.39 is 0 Å². The van der Waals surface area contributed by atoms with Crippen molar-refractivity contribution in [1.29, 1.82) is 0 Å². The topological polar surface area (TPSA) is 70.5 Å². The molecule has 1 heterocycles. The van der Waals surface area contributed by atoms with Gasteiger partial charge in [-0.05, 0) is 13.8 Å². The van der Waals surface area contributed by atoms with Gasteiger partial charge in [0.15, 0.2) is 5.76 Å². The molecule has 0 aliphatic rings. The van der Waals surface area contributed by atoms with Crippen LogP contribution < -0.4 is 5.73 Å². The molecule has 5 nitrogen and oxygen atoms in total. The fourth-order valence-electron chi connectivity index (χ4n) is 1.04. The second-order valence-electron chi connectivity index (χ2n) is 3.46. The Morgan fingerprint density at radius 3 is 2.87 bits per heavy atom. The molecule has 15 heavy (non-hydrogen) atoms. The molecular weight excluding hydrogens is 196 g/mol. The van der Waals surface area contributed by atoms with Crippen LogP contribution in [0.3, 0.4) is 0 Å². The summed E-state index contributed by atoms with van der Waals surface area (Å²) in [5, 5.41) is 3.75. The molecule has 1 aromatic rings. The van der Waals surface area contributed by atoms with Crippen LogP contribution in [0, 0.1) is 0 Å². The van der Waals surface area contributed by atoms with Gasteiger partial charge in [-0.25, -0.2) is 0 Å². The molecular formula is C10H18N2O3. The molecule has 0 amide bonds. The molecule has 0 aliphatic carbocycles. The summed E-state index contributed by atoms with van der Waals surface area (Å²) in [6, 6.07) is 1.79. The van der Waals surface area contributed by atoms with Gasteiger partial charge in [0.05, 0.1) is 25.0 Å². The number of nitrogens with zero attached hydrogens (tertiary/aromatic N) is 1. The van der Waals surface area contributed by atoms with Gasteiger partial charge in [0.1, 0.15) is 6.61 Å². The fourth-order valence-corrected chi connectivity index (χ4v) is 1.04. The summed E-state index contributed by atoms with van der Waals surface area (Å²) >= 11 is 0. The fraction of sp³-hybridized carbons (Fsp3) is 0.700. The number of hydrogen-bond donors (Lipinski definition) is 1. The van der Waals surface area contributed by atoms with Gasteiger partial charge in [-0.3, -0.25) is 0 Å². The van der Waals surface area contributed by atoms with Gasteiger partial charge < -0.3 is 19.7 Å². The molecule has 1 rings (SSSR count). The van der Waals surface area contributed by atoms with Crippen LogP contribution in [0.4, 0.5) is 0 Å². The summed E-state index contributed by atoms with van der Waals surface area (Å²) in [5.74, 6) is 0.694. The first-order valence-corrected chi connectivity index (χ1v) is 5.06. The third-order valence-corrected chi connectivity index (χ3v) is 1.74.